The van der Waals surface area contributed by atoms with Crippen molar-refractivity contribution in [2.75, 3.05) is 13.1 Å². The van der Waals surface area contributed by atoms with Crippen LogP contribution < -0.4 is 5.32 Å². The van der Waals surface area contributed by atoms with Crippen molar-refractivity contribution in [2.24, 2.45) is 0 Å². The highest BCUT2D eigenvalue weighted by atomic mass is 32.1. The SMILES string of the molecule is O=C(NC(=Cc1cccs1)C(=O)N1CCCCC1)c1cccs1. The molecule has 1 aliphatic rings. The number of rotatable bonds is 4. The number of piperidine rings is 1. The Morgan fingerprint density at radius 1 is 1.04 bits per heavy atom. The van der Waals surface area contributed by atoms with Gasteiger partial charge < -0.3 is 10.2 Å². The molecule has 0 radical (unpaired) electrons. The van der Waals surface area contributed by atoms with Crippen molar-refractivity contribution in [3.8, 4) is 0 Å². The predicted octanol–water partition coefficient (Wildman–Crippen LogP) is 3.59. The maximum absolute atomic E-state index is 12.8. The molecule has 0 bridgehead atoms. The Balaban J connectivity index is 1.81. The maximum Gasteiger partial charge on any atom is 0.270 e. The lowest BCUT2D eigenvalue weighted by atomic mass is 10.1. The molecule has 0 saturated carbocycles. The molecule has 2 amide bonds. The van der Waals surface area contributed by atoms with Crippen molar-refractivity contribution >= 4 is 40.6 Å². The fraction of sp³-hybridized carbons (Fsp3) is 0.294. The number of thiophene rings is 2. The molecule has 2 aromatic heterocycles. The summed E-state index contributed by atoms with van der Waals surface area (Å²) in [7, 11) is 0. The fourth-order valence-corrected chi connectivity index (χ4v) is 3.80. The quantitative estimate of drug-likeness (QED) is 0.860. The summed E-state index contributed by atoms with van der Waals surface area (Å²) in [6, 6.07) is 7.45. The van der Waals surface area contributed by atoms with Gasteiger partial charge in [-0.2, -0.15) is 0 Å². The molecule has 0 aliphatic carbocycles. The second kappa shape index (κ2) is 7.57. The van der Waals surface area contributed by atoms with E-state index >= 15 is 0 Å². The fourth-order valence-electron chi connectivity index (χ4n) is 2.53. The first-order valence-corrected chi connectivity index (χ1v) is 9.39. The molecule has 4 nitrogen and oxygen atoms in total. The van der Waals surface area contributed by atoms with E-state index < -0.39 is 0 Å². The maximum atomic E-state index is 12.8. The van der Waals surface area contributed by atoms with Gasteiger partial charge in [-0.15, -0.1) is 22.7 Å². The van der Waals surface area contributed by atoms with Crippen molar-refractivity contribution in [1.29, 1.82) is 0 Å². The molecule has 23 heavy (non-hydrogen) atoms. The third-order valence-corrected chi connectivity index (χ3v) is 5.38. The van der Waals surface area contributed by atoms with Crippen molar-refractivity contribution in [3.63, 3.8) is 0 Å². The lowest BCUT2D eigenvalue weighted by Crippen LogP contribution is -2.41. The molecule has 1 fully saturated rings. The molecule has 6 heteroatoms. The third kappa shape index (κ3) is 4.09. The first kappa shape index (κ1) is 16.0. The molecule has 0 spiro atoms. The van der Waals surface area contributed by atoms with Crippen LogP contribution >= 0.6 is 22.7 Å². The Labute approximate surface area is 143 Å². The highest BCUT2D eigenvalue weighted by molar-refractivity contribution is 7.12. The zero-order valence-corrected chi connectivity index (χ0v) is 14.3. The van der Waals surface area contributed by atoms with Crippen LogP contribution in [0, 0.1) is 0 Å². The average Bonchev–Trinajstić information content (AvgIpc) is 3.28. The molecular weight excluding hydrogens is 328 g/mol. The van der Waals surface area contributed by atoms with Gasteiger partial charge >= 0.3 is 0 Å². The van der Waals surface area contributed by atoms with Crippen molar-refractivity contribution in [3.05, 3.63) is 50.5 Å². The van der Waals surface area contributed by atoms with E-state index in [0.717, 1.165) is 37.2 Å². The van der Waals surface area contributed by atoms with Gasteiger partial charge in [-0.3, -0.25) is 9.59 Å². The number of carbonyl (C=O) groups is 2. The van der Waals surface area contributed by atoms with E-state index in [4.69, 9.17) is 0 Å². The van der Waals surface area contributed by atoms with Crippen LogP contribution in [0.1, 0.15) is 33.8 Å². The number of likely N-dealkylation sites (tertiary alicyclic amines) is 1. The van der Waals surface area contributed by atoms with Gasteiger partial charge in [-0.25, -0.2) is 0 Å². The third-order valence-electron chi connectivity index (χ3n) is 3.70. The van der Waals surface area contributed by atoms with Gasteiger partial charge in [0.1, 0.15) is 5.70 Å². The molecular formula is C17H18N2O2S2. The summed E-state index contributed by atoms with van der Waals surface area (Å²) >= 11 is 2.91. The Morgan fingerprint density at radius 2 is 1.78 bits per heavy atom. The van der Waals surface area contributed by atoms with Crippen molar-refractivity contribution in [2.45, 2.75) is 19.3 Å². The van der Waals surface area contributed by atoms with E-state index in [1.54, 1.807) is 23.5 Å². The summed E-state index contributed by atoms with van der Waals surface area (Å²) in [6.07, 6.45) is 4.98. The van der Waals surface area contributed by atoms with Crippen LogP contribution in [0.2, 0.25) is 0 Å². The average molecular weight is 346 g/mol. The monoisotopic (exact) mass is 346 g/mol. The molecule has 2 aromatic rings. The molecule has 3 heterocycles. The van der Waals surface area contributed by atoms with Gasteiger partial charge in [0.2, 0.25) is 0 Å². The summed E-state index contributed by atoms with van der Waals surface area (Å²) in [6.45, 7) is 1.52. The second-order valence-electron chi connectivity index (χ2n) is 5.36. The topological polar surface area (TPSA) is 49.4 Å². The largest absolute Gasteiger partial charge is 0.337 e. The van der Waals surface area contributed by atoms with Gasteiger partial charge in [0.15, 0.2) is 0 Å². The van der Waals surface area contributed by atoms with E-state index in [2.05, 4.69) is 5.32 Å². The summed E-state index contributed by atoms with van der Waals surface area (Å²) in [5.41, 5.74) is 0.354. The first-order chi connectivity index (χ1) is 11.2. The van der Waals surface area contributed by atoms with Crippen LogP contribution in [0.3, 0.4) is 0 Å². The highest BCUT2D eigenvalue weighted by Crippen LogP contribution is 2.17. The minimum atomic E-state index is -0.229. The molecule has 0 unspecified atom stereocenters. The molecule has 3 rings (SSSR count). The van der Waals surface area contributed by atoms with Gasteiger partial charge in [0.05, 0.1) is 4.88 Å². The molecule has 1 aliphatic heterocycles. The van der Waals surface area contributed by atoms with Gasteiger partial charge in [-0.05, 0) is 48.2 Å². The molecule has 120 valence electrons. The van der Waals surface area contributed by atoms with Crippen molar-refractivity contribution < 1.29 is 9.59 Å². The minimum Gasteiger partial charge on any atom is -0.337 e. The van der Waals surface area contributed by atoms with E-state index in [-0.39, 0.29) is 11.8 Å². The van der Waals surface area contributed by atoms with Crippen LogP contribution in [0.4, 0.5) is 0 Å². The number of hydrogen-bond acceptors (Lipinski definition) is 4. The van der Waals surface area contributed by atoms with Crippen LogP contribution in [-0.2, 0) is 4.79 Å². The van der Waals surface area contributed by atoms with Gasteiger partial charge in [0.25, 0.3) is 11.8 Å². The lowest BCUT2D eigenvalue weighted by molar-refractivity contribution is -0.128. The Morgan fingerprint density at radius 3 is 2.43 bits per heavy atom. The number of amides is 2. The normalized spacial score (nSPS) is 15.5. The molecule has 1 saturated heterocycles. The van der Waals surface area contributed by atoms with Crippen LogP contribution in [-0.4, -0.2) is 29.8 Å². The number of hydrogen-bond donors (Lipinski definition) is 1. The van der Waals surface area contributed by atoms with Crippen molar-refractivity contribution in [1.82, 2.24) is 10.2 Å². The van der Waals surface area contributed by atoms with E-state index in [1.807, 2.05) is 33.9 Å². The summed E-state index contributed by atoms with van der Waals surface area (Å²) in [5, 5.41) is 6.61. The Hall–Kier alpha value is -1.92. The number of nitrogens with one attached hydrogen (secondary N) is 1. The zero-order chi connectivity index (χ0) is 16.1. The molecule has 1 N–H and O–H groups in total. The Bertz CT molecular complexity index is 684. The predicted molar refractivity (Wildman–Crippen MR) is 94.5 cm³/mol. The summed E-state index contributed by atoms with van der Waals surface area (Å²) in [4.78, 5) is 28.5. The van der Waals surface area contributed by atoms with Gasteiger partial charge in [-0.1, -0.05) is 12.1 Å². The summed E-state index contributed by atoms with van der Waals surface area (Å²) in [5.74, 6) is -0.323. The van der Waals surface area contributed by atoms with Crippen LogP contribution in [0.5, 0.6) is 0 Å². The van der Waals surface area contributed by atoms with E-state index in [9.17, 15) is 9.59 Å². The van der Waals surface area contributed by atoms with Crippen LogP contribution in [0.15, 0.2) is 40.7 Å². The highest BCUT2D eigenvalue weighted by Gasteiger charge is 2.22. The summed E-state index contributed by atoms with van der Waals surface area (Å²) < 4.78 is 0. The number of nitrogens with zero attached hydrogens (tertiary/aromatic N) is 1. The zero-order valence-electron chi connectivity index (χ0n) is 12.7. The van der Waals surface area contributed by atoms with Crippen LogP contribution in [0.25, 0.3) is 6.08 Å². The smallest absolute Gasteiger partial charge is 0.270 e. The van der Waals surface area contributed by atoms with E-state index in [0.29, 0.717) is 10.6 Å². The molecule has 0 aromatic carbocycles. The Kier molecular flexibility index (Phi) is 5.25. The number of carbonyl (C=O) groups excluding carboxylic acids is 2. The lowest BCUT2D eigenvalue weighted by Gasteiger charge is -2.27. The first-order valence-electron chi connectivity index (χ1n) is 7.63. The second-order valence-corrected chi connectivity index (χ2v) is 7.28. The minimum absolute atomic E-state index is 0.0944. The molecule has 0 atom stereocenters. The van der Waals surface area contributed by atoms with Gasteiger partial charge in [0, 0.05) is 18.0 Å². The standard InChI is InChI=1S/C17H18N2O2S2/c20-16(15-7-5-11-23-15)18-14(12-13-6-4-10-22-13)17(21)19-8-2-1-3-9-19/h4-7,10-12H,1-3,8-9H2,(H,18,20). The van der Waals surface area contributed by atoms with E-state index in [1.165, 1.54) is 11.3 Å².